The van der Waals surface area contributed by atoms with Gasteiger partial charge in [0.25, 0.3) is 0 Å². The molecule has 1 aromatic heterocycles. The van der Waals surface area contributed by atoms with E-state index in [0.29, 0.717) is 0 Å². The Morgan fingerprint density at radius 1 is 1.53 bits per heavy atom. The summed E-state index contributed by atoms with van der Waals surface area (Å²) in [5, 5.41) is 0.938. The first-order valence-corrected chi connectivity index (χ1v) is 5.79. The molecule has 2 rings (SSSR count). The monoisotopic (exact) mass is 223 g/mol. The normalized spacial score (nSPS) is 15.7. The van der Waals surface area contributed by atoms with E-state index < -0.39 is 0 Å². The molecule has 0 aliphatic carbocycles. The van der Waals surface area contributed by atoms with Crippen molar-refractivity contribution >= 4 is 17.1 Å². The van der Waals surface area contributed by atoms with Gasteiger partial charge in [-0.05, 0) is 26.7 Å². The summed E-state index contributed by atoms with van der Waals surface area (Å²) in [5.41, 5.74) is 1.60. The van der Waals surface area contributed by atoms with Gasteiger partial charge in [-0.2, -0.15) is 0 Å². The fraction of sp³-hybridized carbons (Fsp3) is 0.455. The number of allylic oxidation sites excluding steroid dienone is 1. The SMILES string of the molecule is Cc1nc(C)c(C(=O)C2=COCCC2)s1. The van der Waals surface area contributed by atoms with Crippen molar-refractivity contribution in [2.45, 2.75) is 26.7 Å². The molecule has 0 saturated carbocycles. The highest BCUT2D eigenvalue weighted by Crippen LogP contribution is 2.24. The molecule has 2 heterocycles. The summed E-state index contributed by atoms with van der Waals surface area (Å²) in [6.45, 7) is 4.51. The van der Waals surface area contributed by atoms with Crippen LogP contribution in [0.4, 0.5) is 0 Å². The summed E-state index contributed by atoms with van der Waals surface area (Å²) in [7, 11) is 0. The average molecular weight is 223 g/mol. The number of ether oxygens (including phenoxy) is 1. The molecular weight excluding hydrogens is 210 g/mol. The molecule has 0 atom stereocenters. The molecule has 3 nitrogen and oxygen atoms in total. The lowest BCUT2D eigenvalue weighted by atomic mass is 10.0. The van der Waals surface area contributed by atoms with E-state index in [-0.39, 0.29) is 5.78 Å². The van der Waals surface area contributed by atoms with Crippen molar-refractivity contribution in [3.05, 3.63) is 27.4 Å². The van der Waals surface area contributed by atoms with Crippen LogP contribution in [-0.4, -0.2) is 17.4 Å². The zero-order valence-corrected chi connectivity index (χ0v) is 9.69. The van der Waals surface area contributed by atoms with Gasteiger partial charge in [0.05, 0.1) is 28.4 Å². The number of carbonyl (C=O) groups excluding carboxylic acids is 1. The minimum absolute atomic E-state index is 0.0813. The van der Waals surface area contributed by atoms with Gasteiger partial charge in [-0.25, -0.2) is 4.98 Å². The molecule has 0 amide bonds. The van der Waals surface area contributed by atoms with E-state index in [4.69, 9.17) is 4.74 Å². The van der Waals surface area contributed by atoms with E-state index in [2.05, 4.69) is 4.98 Å². The molecule has 1 aromatic rings. The Bertz CT molecular complexity index is 420. The van der Waals surface area contributed by atoms with Crippen LogP contribution in [0, 0.1) is 13.8 Å². The number of Topliss-reactive ketones (excluding diaryl/α,β-unsaturated/α-hetero) is 1. The summed E-state index contributed by atoms with van der Waals surface area (Å²) in [6.07, 6.45) is 3.34. The van der Waals surface area contributed by atoms with Gasteiger partial charge in [0.2, 0.25) is 5.78 Å². The molecule has 15 heavy (non-hydrogen) atoms. The van der Waals surface area contributed by atoms with Crippen LogP contribution in [-0.2, 0) is 4.74 Å². The maximum atomic E-state index is 12.1. The largest absolute Gasteiger partial charge is 0.501 e. The van der Waals surface area contributed by atoms with Crippen molar-refractivity contribution in [3.63, 3.8) is 0 Å². The summed E-state index contributed by atoms with van der Waals surface area (Å²) in [4.78, 5) is 17.1. The lowest BCUT2D eigenvalue weighted by molar-refractivity contribution is 0.101. The summed E-state index contributed by atoms with van der Waals surface area (Å²) < 4.78 is 5.17. The highest BCUT2D eigenvalue weighted by atomic mass is 32.1. The fourth-order valence-corrected chi connectivity index (χ4v) is 2.51. The second-order valence-electron chi connectivity index (χ2n) is 3.59. The number of rotatable bonds is 2. The standard InChI is InChI=1S/C11H13NO2S/c1-7-11(15-8(2)12-7)10(13)9-4-3-5-14-6-9/h6H,3-5H2,1-2H3. The zero-order chi connectivity index (χ0) is 10.8. The van der Waals surface area contributed by atoms with Crippen molar-refractivity contribution < 1.29 is 9.53 Å². The van der Waals surface area contributed by atoms with E-state index in [1.165, 1.54) is 11.3 Å². The van der Waals surface area contributed by atoms with Crippen LogP contribution in [0.5, 0.6) is 0 Å². The van der Waals surface area contributed by atoms with E-state index in [1.807, 2.05) is 13.8 Å². The Morgan fingerprint density at radius 3 is 2.87 bits per heavy atom. The number of ketones is 1. The predicted octanol–water partition coefficient (Wildman–Crippen LogP) is 2.64. The molecule has 0 saturated heterocycles. The molecule has 0 aromatic carbocycles. The van der Waals surface area contributed by atoms with Crippen molar-refractivity contribution in [2.24, 2.45) is 0 Å². The molecule has 1 aliphatic rings. The number of hydrogen-bond acceptors (Lipinski definition) is 4. The number of nitrogens with zero attached hydrogens (tertiary/aromatic N) is 1. The Balaban J connectivity index is 2.27. The van der Waals surface area contributed by atoms with Gasteiger partial charge in [0.15, 0.2) is 0 Å². The van der Waals surface area contributed by atoms with Crippen LogP contribution in [0.25, 0.3) is 0 Å². The van der Waals surface area contributed by atoms with E-state index in [9.17, 15) is 4.79 Å². The minimum atomic E-state index is 0.0813. The van der Waals surface area contributed by atoms with Gasteiger partial charge in [-0.1, -0.05) is 0 Å². The number of aryl methyl sites for hydroxylation is 2. The number of carbonyl (C=O) groups is 1. The van der Waals surface area contributed by atoms with Gasteiger partial charge >= 0.3 is 0 Å². The van der Waals surface area contributed by atoms with Crippen LogP contribution >= 0.6 is 11.3 Å². The van der Waals surface area contributed by atoms with Crippen LogP contribution in [0.15, 0.2) is 11.8 Å². The number of thiazole rings is 1. The van der Waals surface area contributed by atoms with Gasteiger partial charge in [0, 0.05) is 5.57 Å². The van der Waals surface area contributed by atoms with Crippen molar-refractivity contribution in [2.75, 3.05) is 6.61 Å². The van der Waals surface area contributed by atoms with Crippen molar-refractivity contribution in [1.82, 2.24) is 4.98 Å². The molecule has 0 radical (unpaired) electrons. The molecule has 4 heteroatoms. The van der Waals surface area contributed by atoms with Gasteiger partial charge in [0.1, 0.15) is 0 Å². The maximum Gasteiger partial charge on any atom is 0.203 e. The van der Waals surface area contributed by atoms with Crippen LogP contribution in [0.3, 0.4) is 0 Å². The van der Waals surface area contributed by atoms with Gasteiger partial charge in [-0.15, -0.1) is 11.3 Å². The summed E-state index contributed by atoms with van der Waals surface area (Å²) in [5.74, 6) is 0.0813. The highest BCUT2D eigenvalue weighted by Gasteiger charge is 2.19. The van der Waals surface area contributed by atoms with Crippen LogP contribution < -0.4 is 0 Å². The topological polar surface area (TPSA) is 39.2 Å². The fourth-order valence-electron chi connectivity index (χ4n) is 1.62. The molecule has 1 aliphatic heterocycles. The summed E-state index contributed by atoms with van der Waals surface area (Å²) in [6, 6.07) is 0. The first-order valence-electron chi connectivity index (χ1n) is 4.98. The van der Waals surface area contributed by atoms with Crippen LogP contribution in [0.1, 0.15) is 33.2 Å². The minimum Gasteiger partial charge on any atom is -0.501 e. The number of hydrogen-bond donors (Lipinski definition) is 0. The molecular formula is C11H13NO2S. The van der Waals surface area contributed by atoms with Gasteiger partial charge < -0.3 is 4.74 Å². The lowest BCUT2D eigenvalue weighted by Gasteiger charge is -2.11. The third kappa shape index (κ3) is 2.09. The Hall–Kier alpha value is -1.16. The Labute approximate surface area is 92.8 Å². The van der Waals surface area contributed by atoms with Crippen LogP contribution in [0.2, 0.25) is 0 Å². The number of aromatic nitrogens is 1. The summed E-state index contributed by atoms with van der Waals surface area (Å²) >= 11 is 1.46. The predicted molar refractivity (Wildman–Crippen MR) is 59.2 cm³/mol. The van der Waals surface area contributed by atoms with E-state index in [0.717, 1.165) is 40.6 Å². The third-order valence-corrected chi connectivity index (χ3v) is 3.41. The quantitative estimate of drug-likeness (QED) is 0.723. The second-order valence-corrected chi connectivity index (χ2v) is 4.80. The third-order valence-electron chi connectivity index (χ3n) is 2.34. The van der Waals surface area contributed by atoms with Crippen molar-refractivity contribution in [3.8, 4) is 0 Å². The Kier molecular flexibility index (Phi) is 2.86. The zero-order valence-electron chi connectivity index (χ0n) is 8.87. The molecule has 0 bridgehead atoms. The Morgan fingerprint density at radius 2 is 2.33 bits per heavy atom. The molecule has 0 N–H and O–H groups in total. The van der Waals surface area contributed by atoms with E-state index >= 15 is 0 Å². The second kappa shape index (κ2) is 4.14. The maximum absolute atomic E-state index is 12.1. The lowest BCUT2D eigenvalue weighted by Crippen LogP contribution is -2.09. The molecule has 0 fully saturated rings. The van der Waals surface area contributed by atoms with E-state index in [1.54, 1.807) is 6.26 Å². The van der Waals surface area contributed by atoms with Crippen molar-refractivity contribution in [1.29, 1.82) is 0 Å². The average Bonchev–Trinajstić information content (AvgIpc) is 2.58. The molecule has 0 spiro atoms. The molecule has 0 unspecified atom stereocenters. The van der Waals surface area contributed by atoms with Gasteiger partial charge in [-0.3, -0.25) is 4.79 Å². The first-order chi connectivity index (χ1) is 7.18. The first kappa shape index (κ1) is 10.4. The highest BCUT2D eigenvalue weighted by molar-refractivity contribution is 7.14. The molecule has 80 valence electrons. The smallest absolute Gasteiger partial charge is 0.203 e.